The van der Waals surface area contributed by atoms with Crippen LogP contribution < -0.4 is 16.2 Å². The summed E-state index contributed by atoms with van der Waals surface area (Å²) >= 11 is 0. The van der Waals surface area contributed by atoms with Crippen LogP contribution in [0.2, 0.25) is 0 Å². The van der Waals surface area contributed by atoms with Crippen LogP contribution in [-0.4, -0.2) is 20.9 Å². The highest BCUT2D eigenvalue weighted by Crippen LogP contribution is 2.27. The molecular weight excluding hydrogens is 252 g/mol. The predicted octanol–water partition coefficient (Wildman–Crippen LogP) is 2.17. The van der Waals surface area contributed by atoms with Gasteiger partial charge in [-0.15, -0.1) is 0 Å². The van der Waals surface area contributed by atoms with Gasteiger partial charge in [0.2, 0.25) is 0 Å². The van der Waals surface area contributed by atoms with Crippen molar-refractivity contribution in [1.82, 2.24) is 14.4 Å². The van der Waals surface area contributed by atoms with Crippen molar-refractivity contribution in [2.24, 2.45) is 5.84 Å². The van der Waals surface area contributed by atoms with Crippen molar-refractivity contribution >= 4 is 23.0 Å². The van der Waals surface area contributed by atoms with Crippen molar-refractivity contribution in [1.29, 1.82) is 0 Å². The highest BCUT2D eigenvalue weighted by molar-refractivity contribution is 5.73. The van der Waals surface area contributed by atoms with Crippen LogP contribution in [0.3, 0.4) is 0 Å². The van der Waals surface area contributed by atoms with Crippen molar-refractivity contribution in [3.8, 4) is 0 Å². The fourth-order valence-corrected chi connectivity index (χ4v) is 2.23. The number of fused-ring (bicyclic) bond motifs is 1. The summed E-state index contributed by atoms with van der Waals surface area (Å²) in [6, 6.07) is 10.1. The molecule has 3 aromatic rings. The number of nitrogen functional groups attached to an aromatic ring is 1. The number of hydrogen-bond donors (Lipinski definition) is 2. The lowest BCUT2D eigenvalue weighted by Crippen LogP contribution is -2.20. The van der Waals surface area contributed by atoms with Gasteiger partial charge in [0.25, 0.3) is 0 Å². The maximum absolute atomic E-state index is 5.49. The molecular formula is C14H16N6. The molecule has 0 aliphatic rings. The van der Waals surface area contributed by atoms with Gasteiger partial charge >= 0.3 is 0 Å². The second kappa shape index (κ2) is 5.18. The van der Waals surface area contributed by atoms with Gasteiger partial charge in [0.15, 0.2) is 17.3 Å². The average molecular weight is 268 g/mol. The minimum absolute atomic E-state index is 0.597. The second-order valence-corrected chi connectivity index (χ2v) is 4.33. The summed E-state index contributed by atoms with van der Waals surface area (Å²) in [6.07, 6.45) is 5.44. The largest absolute Gasteiger partial charge is 0.324 e. The molecule has 3 rings (SSSR count). The van der Waals surface area contributed by atoms with Gasteiger partial charge in [-0.05, 0) is 19.1 Å². The Bertz CT molecular complexity index is 706. The molecule has 102 valence electrons. The molecule has 6 heteroatoms. The van der Waals surface area contributed by atoms with Crippen molar-refractivity contribution in [3.63, 3.8) is 0 Å². The molecule has 0 unspecified atom stereocenters. The maximum atomic E-state index is 5.49. The monoisotopic (exact) mass is 268 g/mol. The van der Waals surface area contributed by atoms with Crippen molar-refractivity contribution in [2.45, 2.75) is 6.92 Å². The van der Waals surface area contributed by atoms with Crippen molar-refractivity contribution in [2.75, 3.05) is 16.9 Å². The molecule has 0 amide bonds. The fourth-order valence-electron chi connectivity index (χ4n) is 2.23. The first-order valence-corrected chi connectivity index (χ1v) is 6.46. The van der Waals surface area contributed by atoms with E-state index in [2.05, 4.69) is 27.2 Å². The Morgan fingerprint density at radius 1 is 1.30 bits per heavy atom. The number of anilines is 3. The number of rotatable bonds is 4. The first-order chi connectivity index (χ1) is 9.83. The zero-order valence-electron chi connectivity index (χ0n) is 11.2. The molecule has 2 heterocycles. The van der Waals surface area contributed by atoms with Gasteiger partial charge in [0.05, 0.1) is 6.20 Å². The zero-order valence-corrected chi connectivity index (χ0v) is 11.2. The van der Waals surface area contributed by atoms with Crippen LogP contribution in [0.1, 0.15) is 6.92 Å². The predicted molar refractivity (Wildman–Crippen MR) is 79.9 cm³/mol. The third kappa shape index (κ3) is 2.06. The van der Waals surface area contributed by atoms with E-state index in [1.807, 2.05) is 47.1 Å². The number of nitrogens with zero attached hydrogens (tertiary/aromatic N) is 4. The summed E-state index contributed by atoms with van der Waals surface area (Å²) < 4.78 is 1.91. The van der Waals surface area contributed by atoms with E-state index < -0.39 is 0 Å². The lowest BCUT2D eigenvalue weighted by molar-refractivity contribution is 0.973. The molecule has 0 fully saturated rings. The average Bonchev–Trinajstić information content (AvgIpc) is 2.97. The molecule has 20 heavy (non-hydrogen) atoms. The normalized spacial score (nSPS) is 10.7. The van der Waals surface area contributed by atoms with Gasteiger partial charge in [-0.3, -0.25) is 0 Å². The van der Waals surface area contributed by atoms with E-state index >= 15 is 0 Å². The summed E-state index contributed by atoms with van der Waals surface area (Å²) in [6.45, 7) is 2.87. The van der Waals surface area contributed by atoms with Gasteiger partial charge in [0.1, 0.15) is 0 Å². The minimum Gasteiger partial charge on any atom is -0.324 e. The number of imidazole rings is 1. The van der Waals surface area contributed by atoms with E-state index in [4.69, 9.17) is 5.84 Å². The standard InChI is InChI=1S/C14H16N6/c1-2-20(11-6-4-3-5-7-11)14-13-16-8-9-19(13)10-12(17-14)18-15/h3-10,18H,2,15H2,1H3. The van der Waals surface area contributed by atoms with E-state index in [-0.39, 0.29) is 0 Å². The lowest BCUT2D eigenvalue weighted by atomic mass is 10.3. The number of para-hydroxylation sites is 1. The molecule has 0 aliphatic heterocycles. The third-order valence-corrected chi connectivity index (χ3v) is 3.14. The van der Waals surface area contributed by atoms with E-state index in [0.717, 1.165) is 23.7 Å². The molecule has 0 aliphatic carbocycles. The Balaban J connectivity index is 2.18. The molecule has 0 spiro atoms. The van der Waals surface area contributed by atoms with E-state index in [9.17, 15) is 0 Å². The first kappa shape index (κ1) is 12.4. The van der Waals surface area contributed by atoms with Crippen LogP contribution in [-0.2, 0) is 0 Å². The SMILES string of the molecule is CCN(c1ccccc1)c1nc(NN)cn2ccnc12. The highest BCUT2D eigenvalue weighted by atomic mass is 15.3. The van der Waals surface area contributed by atoms with E-state index in [0.29, 0.717) is 5.82 Å². The smallest absolute Gasteiger partial charge is 0.180 e. The Kier molecular flexibility index (Phi) is 3.22. The Hall–Kier alpha value is -2.60. The number of nitrogens with two attached hydrogens (primary N) is 1. The van der Waals surface area contributed by atoms with Crippen LogP contribution in [0.5, 0.6) is 0 Å². The van der Waals surface area contributed by atoms with Gasteiger partial charge in [0, 0.05) is 24.6 Å². The molecule has 0 saturated heterocycles. The number of aromatic nitrogens is 3. The molecule has 1 aromatic carbocycles. The van der Waals surface area contributed by atoms with Crippen molar-refractivity contribution < 1.29 is 0 Å². The summed E-state index contributed by atoms with van der Waals surface area (Å²) in [5.74, 6) is 6.87. The summed E-state index contributed by atoms with van der Waals surface area (Å²) in [7, 11) is 0. The Morgan fingerprint density at radius 3 is 2.80 bits per heavy atom. The topological polar surface area (TPSA) is 71.5 Å². The lowest BCUT2D eigenvalue weighted by Gasteiger charge is -2.23. The van der Waals surface area contributed by atoms with Gasteiger partial charge in [-0.2, -0.15) is 0 Å². The molecule has 6 nitrogen and oxygen atoms in total. The van der Waals surface area contributed by atoms with Gasteiger partial charge < -0.3 is 14.7 Å². The molecule has 3 N–H and O–H groups in total. The van der Waals surface area contributed by atoms with Crippen LogP contribution >= 0.6 is 0 Å². The number of hydrazine groups is 1. The van der Waals surface area contributed by atoms with Gasteiger partial charge in [-0.1, -0.05) is 18.2 Å². The van der Waals surface area contributed by atoms with Crippen LogP contribution in [0.4, 0.5) is 17.3 Å². The quantitative estimate of drug-likeness (QED) is 0.560. The summed E-state index contributed by atoms with van der Waals surface area (Å²) in [4.78, 5) is 11.0. The van der Waals surface area contributed by atoms with Crippen LogP contribution in [0.25, 0.3) is 5.65 Å². The van der Waals surface area contributed by atoms with Crippen molar-refractivity contribution in [3.05, 3.63) is 48.9 Å². The van der Waals surface area contributed by atoms with E-state index in [1.54, 1.807) is 6.20 Å². The number of hydrogen-bond acceptors (Lipinski definition) is 5. The molecule has 0 bridgehead atoms. The minimum atomic E-state index is 0.597. The molecule has 0 atom stereocenters. The Labute approximate surface area is 116 Å². The number of benzene rings is 1. The molecule has 0 radical (unpaired) electrons. The Morgan fingerprint density at radius 2 is 2.10 bits per heavy atom. The summed E-state index contributed by atoms with van der Waals surface area (Å²) in [5, 5.41) is 0. The second-order valence-electron chi connectivity index (χ2n) is 4.33. The fraction of sp³-hybridized carbons (Fsp3) is 0.143. The van der Waals surface area contributed by atoms with E-state index in [1.165, 1.54) is 0 Å². The molecule has 2 aromatic heterocycles. The third-order valence-electron chi connectivity index (χ3n) is 3.14. The van der Waals surface area contributed by atoms with Crippen LogP contribution in [0.15, 0.2) is 48.9 Å². The zero-order chi connectivity index (χ0) is 13.9. The highest BCUT2D eigenvalue weighted by Gasteiger charge is 2.15. The maximum Gasteiger partial charge on any atom is 0.180 e. The van der Waals surface area contributed by atoms with Crippen LogP contribution in [0, 0.1) is 0 Å². The number of nitrogens with one attached hydrogen (secondary N) is 1. The van der Waals surface area contributed by atoms with Gasteiger partial charge in [-0.25, -0.2) is 15.8 Å². The molecule has 0 saturated carbocycles. The first-order valence-electron chi connectivity index (χ1n) is 6.46. The summed E-state index contributed by atoms with van der Waals surface area (Å²) in [5.41, 5.74) is 4.46.